The average molecular weight is 743 g/mol. The van der Waals surface area contributed by atoms with Gasteiger partial charge in [0, 0.05) is 33.0 Å². The van der Waals surface area contributed by atoms with Crippen LogP contribution in [0.5, 0.6) is 0 Å². The maximum Gasteiger partial charge on any atom is 0.0547 e. The summed E-state index contributed by atoms with van der Waals surface area (Å²) in [6.45, 7) is 9.49. The van der Waals surface area contributed by atoms with Gasteiger partial charge in [-0.1, -0.05) is 149 Å². The lowest BCUT2D eigenvalue weighted by Crippen LogP contribution is -2.18. The van der Waals surface area contributed by atoms with Crippen LogP contribution in [0.15, 0.2) is 170 Å². The number of hydrogen-bond acceptors (Lipinski definition) is 1. The van der Waals surface area contributed by atoms with Crippen molar-refractivity contribution in [1.82, 2.24) is 4.57 Å². The molecule has 0 spiro atoms. The summed E-state index contributed by atoms with van der Waals surface area (Å²) >= 11 is 0. The maximum atomic E-state index is 2.53. The summed E-state index contributed by atoms with van der Waals surface area (Å²) in [4.78, 5) is 2.53. The monoisotopic (exact) mass is 742 g/mol. The third kappa shape index (κ3) is 4.54. The first-order valence-corrected chi connectivity index (χ1v) is 20.5. The Balaban J connectivity index is 1.06. The van der Waals surface area contributed by atoms with Gasteiger partial charge >= 0.3 is 0 Å². The molecule has 2 aliphatic carbocycles. The van der Waals surface area contributed by atoms with E-state index < -0.39 is 0 Å². The second-order valence-corrected chi connectivity index (χ2v) is 17.4. The van der Waals surface area contributed by atoms with E-state index in [0.717, 1.165) is 0 Å². The van der Waals surface area contributed by atoms with Crippen LogP contribution < -0.4 is 4.90 Å². The van der Waals surface area contributed by atoms with Crippen LogP contribution in [0.4, 0.5) is 17.1 Å². The maximum absolute atomic E-state index is 2.53. The predicted octanol–water partition coefficient (Wildman–Crippen LogP) is 15.0. The standard InChI is InChI=1S/C56H42N2/c1-55(2)48-20-12-9-17-42(48)46-34-53-38(31-49(46)55)23-22-37-30-35(36-24-27-45-44-18-10-13-21-52(44)57(54(45)32-36)39-14-6-5-7-15-39)25-29-51(37)58(53)40-26-28-43-41-16-8-11-19-47(41)56(3,4)50(43)33-40/h5-34H,1-4H3. The lowest BCUT2D eigenvalue weighted by atomic mass is 9.81. The van der Waals surface area contributed by atoms with Crippen molar-refractivity contribution in [2.75, 3.05) is 4.90 Å². The molecule has 0 unspecified atom stereocenters. The highest BCUT2D eigenvalue weighted by Gasteiger charge is 2.38. The van der Waals surface area contributed by atoms with Crippen LogP contribution in [0.2, 0.25) is 0 Å². The van der Waals surface area contributed by atoms with Crippen molar-refractivity contribution in [3.8, 4) is 39.1 Å². The fourth-order valence-electron chi connectivity index (χ4n) is 10.6. The van der Waals surface area contributed by atoms with Gasteiger partial charge in [-0.2, -0.15) is 0 Å². The number of benzene rings is 8. The van der Waals surface area contributed by atoms with Crippen molar-refractivity contribution in [2.24, 2.45) is 0 Å². The molecule has 3 aliphatic rings. The van der Waals surface area contributed by atoms with E-state index in [1.807, 2.05) is 0 Å². The van der Waals surface area contributed by atoms with Crippen LogP contribution in [0, 0.1) is 0 Å². The highest BCUT2D eigenvalue weighted by Crippen LogP contribution is 2.55. The Morgan fingerprint density at radius 1 is 0.362 bits per heavy atom. The Bertz CT molecular complexity index is 3230. The molecule has 1 aromatic heterocycles. The molecule has 12 rings (SSSR count). The highest BCUT2D eigenvalue weighted by atomic mass is 15.1. The number of rotatable bonds is 3. The lowest BCUT2D eigenvalue weighted by Gasteiger charge is -2.30. The van der Waals surface area contributed by atoms with Gasteiger partial charge in [0.25, 0.3) is 0 Å². The second-order valence-electron chi connectivity index (χ2n) is 17.4. The minimum atomic E-state index is -0.108. The summed E-state index contributed by atoms with van der Waals surface area (Å²) in [5.74, 6) is 0. The fraction of sp³-hybridized carbons (Fsp3) is 0.107. The number of nitrogens with zero attached hydrogens (tertiary/aromatic N) is 2. The quantitative estimate of drug-likeness (QED) is 0.175. The van der Waals surface area contributed by atoms with Crippen LogP contribution in [0.3, 0.4) is 0 Å². The van der Waals surface area contributed by atoms with E-state index in [9.17, 15) is 0 Å². The zero-order valence-corrected chi connectivity index (χ0v) is 33.2. The van der Waals surface area contributed by atoms with Crippen molar-refractivity contribution < 1.29 is 0 Å². The van der Waals surface area contributed by atoms with Crippen molar-refractivity contribution >= 4 is 51.0 Å². The summed E-state index contributed by atoms with van der Waals surface area (Å²) in [6, 6.07) is 63.5. The van der Waals surface area contributed by atoms with Gasteiger partial charge in [-0.3, -0.25) is 0 Å². The topological polar surface area (TPSA) is 8.17 Å². The van der Waals surface area contributed by atoms with Crippen LogP contribution >= 0.6 is 0 Å². The molecule has 58 heavy (non-hydrogen) atoms. The lowest BCUT2D eigenvalue weighted by molar-refractivity contribution is 0.660. The summed E-state index contributed by atoms with van der Waals surface area (Å²) in [5.41, 5.74) is 22.7. The van der Waals surface area contributed by atoms with Crippen LogP contribution in [-0.2, 0) is 10.8 Å². The van der Waals surface area contributed by atoms with Gasteiger partial charge in [0.1, 0.15) is 0 Å². The molecular formula is C56H42N2. The van der Waals surface area contributed by atoms with Crippen molar-refractivity contribution in [1.29, 1.82) is 0 Å². The molecule has 1 aliphatic heterocycles. The minimum Gasteiger partial charge on any atom is -0.309 e. The van der Waals surface area contributed by atoms with Gasteiger partial charge in [-0.15, -0.1) is 0 Å². The van der Waals surface area contributed by atoms with E-state index >= 15 is 0 Å². The van der Waals surface area contributed by atoms with Crippen LogP contribution in [0.25, 0.3) is 73.0 Å². The third-order valence-corrected chi connectivity index (χ3v) is 13.5. The molecule has 9 aromatic rings. The van der Waals surface area contributed by atoms with E-state index in [0.29, 0.717) is 0 Å². The molecule has 0 atom stereocenters. The second kappa shape index (κ2) is 11.8. The molecule has 0 bridgehead atoms. The normalized spacial score (nSPS) is 15.1. The van der Waals surface area contributed by atoms with Crippen molar-refractivity contribution in [3.05, 3.63) is 203 Å². The Hall–Kier alpha value is -6.90. The van der Waals surface area contributed by atoms with Gasteiger partial charge < -0.3 is 9.47 Å². The number of fused-ring (bicyclic) bond motifs is 11. The third-order valence-electron chi connectivity index (χ3n) is 13.5. The number of aromatic nitrogens is 1. The van der Waals surface area contributed by atoms with Crippen molar-refractivity contribution in [3.63, 3.8) is 0 Å². The summed E-state index contributed by atoms with van der Waals surface area (Å²) in [6.07, 6.45) is 4.69. The van der Waals surface area contributed by atoms with Crippen LogP contribution in [-0.4, -0.2) is 4.57 Å². The fourth-order valence-corrected chi connectivity index (χ4v) is 10.6. The first-order valence-electron chi connectivity index (χ1n) is 20.5. The predicted molar refractivity (Wildman–Crippen MR) is 245 cm³/mol. The summed E-state index contributed by atoms with van der Waals surface area (Å²) in [7, 11) is 0. The SMILES string of the molecule is CC1(C)c2ccccc2-c2ccc(N3c4ccc(-c5ccc6c7ccccc7n(-c7ccccc7)c6c5)cc4C=Cc4cc5c(cc43)-c3ccccc3C5(C)C)cc21. The van der Waals surface area contributed by atoms with Crippen molar-refractivity contribution in [2.45, 2.75) is 38.5 Å². The number of hydrogen-bond donors (Lipinski definition) is 0. The van der Waals surface area contributed by atoms with Gasteiger partial charge in [0.15, 0.2) is 0 Å². The minimum absolute atomic E-state index is 0.0871. The van der Waals surface area contributed by atoms with Crippen LogP contribution in [0.1, 0.15) is 61.1 Å². The molecule has 0 amide bonds. The molecule has 2 nitrogen and oxygen atoms in total. The largest absolute Gasteiger partial charge is 0.309 e. The molecule has 0 fully saturated rings. The zero-order chi connectivity index (χ0) is 38.9. The zero-order valence-electron chi connectivity index (χ0n) is 33.2. The molecule has 2 heterocycles. The van der Waals surface area contributed by atoms with Gasteiger partial charge in [0.05, 0.1) is 22.4 Å². The molecule has 2 heteroatoms. The summed E-state index contributed by atoms with van der Waals surface area (Å²) in [5, 5.41) is 2.53. The Labute approximate surface area is 340 Å². The van der Waals surface area contributed by atoms with E-state index in [1.54, 1.807) is 0 Å². The van der Waals surface area contributed by atoms with Gasteiger partial charge in [-0.25, -0.2) is 0 Å². The first-order chi connectivity index (χ1) is 28.3. The van der Waals surface area contributed by atoms with Gasteiger partial charge in [0.2, 0.25) is 0 Å². The average Bonchev–Trinajstić information content (AvgIpc) is 3.74. The highest BCUT2D eigenvalue weighted by molar-refractivity contribution is 6.10. The molecule has 0 saturated heterocycles. The molecule has 0 radical (unpaired) electrons. The Kier molecular flexibility index (Phi) is 6.78. The molecular weight excluding hydrogens is 701 g/mol. The summed E-state index contributed by atoms with van der Waals surface area (Å²) < 4.78 is 2.41. The number of para-hydroxylation sites is 2. The van der Waals surface area contributed by atoms with E-state index in [4.69, 9.17) is 0 Å². The molecule has 8 aromatic carbocycles. The number of anilines is 3. The Morgan fingerprint density at radius 3 is 1.72 bits per heavy atom. The van der Waals surface area contributed by atoms with E-state index in [-0.39, 0.29) is 10.8 Å². The van der Waals surface area contributed by atoms with E-state index in [1.165, 1.54) is 111 Å². The molecule has 0 N–H and O–H groups in total. The Morgan fingerprint density at radius 2 is 0.948 bits per heavy atom. The molecule has 0 saturated carbocycles. The smallest absolute Gasteiger partial charge is 0.0547 e. The first kappa shape index (κ1) is 33.3. The van der Waals surface area contributed by atoms with Gasteiger partial charge in [-0.05, 0) is 127 Å². The van der Waals surface area contributed by atoms with E-state index in [2.05, 4.69) is 219 Å². The molecule has 276 valence electrons.